The number of hydrogen-bond acceptors (Lipinski definition) is 3. The highest BCUT2D eigenvalue weighted by atomic mass is 15.2. The number of benzene rings is 8. The third kappa shape index (κ3) is 3.97. The van der Waals surface area contributed by atoms with E-state index in [1.54, 1.807) is 0 Å². The zero-order chi connectivity index (χ0) is 35.7. The van der Waals surface area contributed by atoms with Gasteiger partial charge >= 0.3 is 0 Å². The van der Waals surface area contributed by atoms with Crippen molar-refractivity contribution >= 4 is 78.1 Å². The Morgan fingerprint density at radius 1 is 0.370 bits per heavy atom. The second kappa shape index (κ2) is 10.9. The van der Waals surface area contributed by atoms with E-state index in [0.29, 0.717) is 0 Å². The van der Waals surface area contributed by atoms with Gasteiger partial charge in [0.1, 0.15) is 0 Å². The van der Waals surface area contributed by atoms with Crippen molar-refractivity contribution < 1.29 is 0 Å². The Kier molecular flexibility index (Phi) is 5.99. The summed E-state index contributed by atoms with van der Waals surface area (Å²) in [6, 6.07) is 58.8. The average molecular weight is 693 g/mol. The van der Waals surface area contributed by atoms with Crippen LogP contribution in [-0.2, 0) is 19.9 Å². The summed E-state index contributed by atoms with van der Waals surface area (Å²) in [6.45, 7) is 0. The lowest BCUT2D eigenvalue weighted by Crippen LogP contribution is -2.20. The van der Waals surface area contributed by atoms with Gasteiger partial charge in [-0.05, 0) is 93.9 Å². The smallest absolute Gasteiger partial charge is 0.0510 e. The SMILES string of the molecule is CN1c2cc(N3c4ccccc4Cc4ccccc43)ccc2-c2cc3c(c4cccc1c24)c1ccc(N2c4ccccc4Cc4ccccc42)cc1n3C. The van der Waals surface area contributed by atoms with Crippen molar-refractivity contribution in [2.75, 3.05) is 21.7 Å². The van der Waals surface area contributed by atoms with Crippen LogP contribution in [0.3, 0.4) is 0 Å². The van der Waals surface area contributed by atoms with Gasteiger partial charge in [-0.25, -0.2) is 0 Å². The predicted molar refractivity (Wildman–Crippen MR) is 226 cm³/mol. The first-order chi connectivity index (χ1) is 26.6. The van der Waals surface area contributed by atoms with E-state index in [0.717, 1.165) is 12.8 Å². The zero-order valence-corrected chi connectivity index (χ0v) is 30.2. The molecule has 0 atom stereocenters. The van der Waals surface area contributed by atoms with Gasteiger partial charge < -0.3 is 19.3 Å². The van der Waals surface area contributed by atoms with Crippen LogP contribution in [-0.4, -0.2) is 11.6 Å². The third-order valence-corrected chi connectivity index (χ3v) is 12.3. The largest absolute Gasteiger partial charge is 0.344 e. The molecule has 0 aliphatic carbocycles. The molecule has 4 heterocycles. The van der Waals surface area contributed by atoms with Crippen molar-refractivity contribution in [3.8, 4) is 11.1 Å². The molecule has 256 valence electrons. The van der Waals surface area contributed by atoms with Gasteiger partial charge in [0.15, 0.2) is 0 Å². The molecule has 4 nitrogen and oxygen atoms in total. The molecule has 0 bridgehead atoms. The van der Waals surface area contributed by atoms with E-state index in [2.05, 4.69) is 191 Å². The fourth-order valence-electron chi connectivity index (χ4n) is 9.80. The highest BCUT2D eigenvalue weighted by Gasteiger charge is 2.30. The number of para-hydroxylation sites is 4. The Labute approximate surface area is 314 Å². The molecule has 0 amide bonds. The van der Waals surface area contributed by atoms with Gasteiger partial charge in [0, 0.05) is 88.5 Å². The molecular weight excluding hydrogens is 657 g/mol. The van der Waals surface area contributed by atoms with Gasteiger partial charge in [0.25, 0.3) is 0 Å². The number of hydrogen-bond donors (Lipinski definition) is 0. The lowest BCUT2D eigenvalue weighted by Gasteiger charge is -2.36. The number of fused-ring (bicyclic) bond motifs is 10. The van der Waals surface area contributed by atoms with Crippen molar-refractivity contribution in [2.45, 2.75) is 12.8 Å². The predicted octanol–water partition coefficient (Wildman–Crippen LogP) is 13.0. The van der Waals surface area contributed by atoms with E-state index in [4.69, 9.17) is 0 Å². The van der Waals surface area contributed by atoms with E-state index < -0.39 is 0 Å². The monoisotopic (exact) mass is 692 g/mol. The molecule has 3 aliphatic heterocycles. The van der Waals surface area contributed by atoms with Crippen LogP contribution in [0.1, 0.15) is 22.3 Å². The van der Waals surface area contributed by atoms with Crippen molar-refractivity contribution in [1.29, 1.82) is 0 Å². The summed E-state index contributed by atoms with van der Waals surface area (Å²) >= 11 is 0. The third-order valence-electron chi connectivity index (χ3n) is 12.3. The number of aromatic nitrogens is 1. The van der Waals surface area contributed by atoms with Crippen LogP contribution in [0, 0.1) is 0 Å². The minimum Gasteiger partial charge on any atom is -0.344 e. The summed E-state index contributed by atoms with van der Waals surface area (Å²) in [5, 5.41) is 5.21. The maximum atomic E-state index is 2.45. The van der Waals surface area contributed by atoms with Crippen molar-refractivity contribution in [2.24, 2.45) is 7.05 Å². The maximum Gasteiger partial charge on any atom is 0.0510 e. The fourth-order valence-corrected chi connectivity index (χ4v) is 9.80. The Bertz CT molecular complexity index is 2970. The Balaban J connectivity index is 1.05. The van der Waals surface area contributed by atoms with Crippen LogP contribution < -0.4 is 14.7 Å². The molecule has 3 aliphatic rings. The van der Waals surface area contributed by atoms with Gasteiger partial charge in [0.2, 0.25) is 0 Å². The molecule has 0 saturated carbocycles. The van der Waals surface area contributed by atoms with Crippen molar-refractivity contribution in [1.82, 2.24) is 4.57 Å². The van der Waals surface area contributed by atoms with Gasteiger partial charge in [-0.3, -0.25) is 0 Å². The normalized spacial score (nSPS) is 13.9. The standard InChI is InChI=1S/C50H36N4/c1-51-45-21-11-16-39-49-38-25-23-36(54-43-19-9-5-14-33(43)27-34-15-6-10-20-44(34)54)29-47(38)52(2)48(49)30-40(50(39)45)37-24-22-35(28-46(37)51)53-41-17-7-3-12-31(41)26-32-13-4-8-18-42(32)53/h3-25,28-30H,26-27H2,1-2H3. The summed E-state index contributed by atoms with van der Waals surface area (Å²) in [4.78, 5) is 7.29. The number of aryl methyl sites for hydroxylation is 1. The quantitative estimate of drug-likeness (QED) is 0.179. The first-order valence-corrected chi connectivity index (χ1v) is 18.9. The summed E-state index contributed by atoms with van der Waals surface area (Å²) in [5.74, 6) is 0. The molecule has 0 unspecified atom stereocenters. The second-order valence-corrected chi connectivity index (χ2v) is 15.1. The van der Waals surface area contributed by atoms with Gasteiger partial charge in [-0.1, -0.05) is 97.1 Å². The molecule has 0 fully saturated rings. The highest BCUT2D eigenvalue weighted by Crippen LogP contribution is 2.53. The zero-order valence-electron chi connectivity index (χ0n) is 30.2. The number of nitrogens with zero attached hydrogens (tertiary/aromatic N) is 4. The molecule has 0 N–H and O–H groups in total. The molecule has 4 heteroatoms. The molecule has 0 spiro atoms. The van der Waals surface area contributed by atoms with Gasteiger partial charge in [-0.2, -0.15) is 0 Å². The van der Waals surface area contributed by atoms with Crippen LogP contribution in [0.25, 0.3) is 43.7 Å². The molecule has 54 heavy (non-hydrogen) atoms. The van der Waals surface area contributed by atoms with Crippen LogP contribution in [0.5, 0.6) is 0 Å². The van der Waals surface area contributed by atoms with E-state index in [-0.39, 0.29) is 0 Å². The second-order valence-electron chi connectivity index (χ2n) is 15.1. The van der Waals surface area contributed by atoms with Crippen LogP contribution >= 0.6 is 0 Å². The average Bonchev–Trinajstić information content (AvgIpc) is 3.51. The first-order valence-electron chi connectivity index (χ1n) is 18.9. The van der Waals surface area contributed by atoms with Gasteiger partial charge in [0.05, 0.1) is 16.7 Å². The number of anilines is 8. The topological polar surface area (TPSA) is 14.7 Å². The summed E-state index contributed by atoms with van der Waals surface area (Å²) < 4.78 is 2.41. The fraction of sp³-hybridized carbons (Fsp3) is 0.0800. The summed E-state index contributed by atoms with van der Waals surface area (Å²) in [7, 11) is 4.46. The van der Waals surface area contributed by atoms with Crippen molar-refractivity contribution in [3.63, 3.8) is 0 Å². The molecule has 9 aromatic rings. The lowest BCUT2D eigenvalue weighted by molar-refractivity contribution is 1.01. The van der Waals surface area contributed by atoms with Gasteiger partial charge in [-0.15, -0.1) is 0 Å². The first kappa shape index (κ1) is 29.8. The van der Waals surface area contributed by atoms with E-state index in [9.17, 15) is 0 Å². The molecule has 12 rings (SSSR count). The van der Waals surface area contributed by atoms with Crippen molar-refractivity contribution in [3.05, 3.63) is 180 Å². The minimum atomic E-state index is 0.949. The number of rotatable bonds is 2. The maximum absolute atomic E-state index is 2.45. The lowest BCUT2D eigenvalue weighted by atomic mass is 9.88. The molecular formula is C50H36N4. The Morgan fingerprint density at radius 3 is 1.48 bits per heavy atom. The van der Waals surface area contributed by atoms with Crippen LogP contribution in [0.15, 0.2) is 158 Å². The Hall–Kier alpha value is -6.78. The summed E-state index contributed by atoms with van der Waals surface area (Å²) in [6.07, 6.45) is 1.90. The van der Waals surface area contributed by atoms with Crippen LogP contribution in [0.4, 0.5) is 45.5 Å². The minimum absolute atomic E-state index is 0.949. The Morgan fingerprint density at radius 2 is 0.889 bits per heavy atom. The molecule has 0 radical (unpaired) electrons. The molecule has 8 aromatic carbocycles. The van der Waals surface area contributed by atoms with Crippen LogP contribution in [0.2, 0.25) is 0 Å². The molecule has 0 saturated heterocycles. The van der Waals surface area contributed by atoms with E-state index in [1.165, 1.54) is 111 Å². The van der Waals surface area contributed by atoms with E-state index in [1.807, 2.05) is 0 Å². The molecule has 1 aromatic heterocycles. The highest BCUT2D eigenvalue weighted by molar-refractivity contribution is 6.28. The van der Waals surface area contributed by atoms with E-state index >= 15 is 0 Å². The summed E-state index contributed by atoms with van der Waals surface area (Å²) in [5.41, 5.74) is 20.3.